The van der Waals surface area contributed by atoms with Crippen LogP contribution in [-0.2, 0) is 0 Å². The Bertz CT molecular complexity index is 315. The summed E-state index contributed by atoms with van der Waals surface area (Å²) >= 11 is 3.39. The first-order valence-corrected chi connectivity index (χ1v) is 5.17. The van der Waals surface area contributed by atoms with Crippen molar-refractivity contribution < 1.29 is 4.39 Å². The summed E-state index contributed by atoms with van der Waals surface area (Å²) in [7, 11) is 3.85. The highest BCUT2D eigenvalue weighted by Gasteiger charge is 2.15. The molecule has 2 nitrogen and oxygen atoms in total. The maximum absolute atomic E-state index is 13.0. The Morgan fingerprint density at radius 2 is 2.14 bits per heavy atom. The number of likely N-dealkylation sites (N-methyl/N-ethyl adjacent to an activating group) is 1. The number of nitrogens with two attached hydrogens (primary N) is 1. The van der Waals surface area contributed by atoms with Crippen LogP contribution in [0.2, 0.25) is 0 Å². The molecule has 0 spiro atoms. The molecule has 0 radical (unpaired) electrons. The lowest BCUT2D eigenvalue weighted by Gasteiger charge is -2.24. The molecule has 78 valence electrons. The lowest BCUT2D eigenvalue weighted by molar-refractivity contribution is 0.304. The van der Waals surface area contributed by atoms with Gasteiger partial charge in [0.15, 0.2) is 0 Å². The molecule has 1 rings (SSSR count). The summed E-state index contributed by atoms with van der Waals surface area (Å²) < 4.78 is 13.9. The van der Waals surface area contributed by atoms with Gasteiger partial charge in [0.2, 0.25) is 0 Å². The summed E-state index contributed by atoms with van der Waals surface area (Å²) in [6, 6.07) is 4.69. The molecule has 0 bridgehead atoms. The van der Waals surface area contributed by atoms with Crippen molar-refractivity contribution in [1.82, 2.24) is 4.90 Å². The van der Waals surface area contributed by atoms with Gasteiger partial charge in [-0.3, -0.25) is 0 Å². The van der Waals surface area contributed by atoms with E-state index in [1.807, 2.05) is 19.0 Å². The molecular formula is C10H14BrFN2. The van der Waals surface area contributed by atoms with Gasteiger partial charge in [-0.25, -0.2) is 4.39 Å². The Kier molecular flexibility index (Phi) is 4.04. The Labute approximate surface area is 92.0 Å². The third-order valence-corrected chi connectivity index (χ3v) is 2.89. The SMILES string of the molecule is CN(C)C(CN)c1cc(F)ccc1Br. The van der Waals surface area contributed by atoms with Crippen LogP contribution in [0.5, 0.6) is 0 Å². The van der Waals surface area contributed by atoms with E-state index in [4.69, 9.17) is 5.73 Å². The van der Waals surface area contributed by atoms with Gasteiger partial charge in [-0.2, -0.15) is 0 Å². The summed E-state index contributed by atoms with van der Waals surface area (Å²) in [5, 5.41) is 0. The van der Waals surface area contributed by atoms with E-state index in [0.717, 1.165) is 10.0 Å². The van der Waals surface area contributed by atoms with Gasteiger partial charge >= 0.3 is 0 Å². The second kappa shape index (κ2) is 4.87. The van der Waals surface area contributed by atoms with E-state index in [1.165, 1.54) is 12.1 Å². The van der Waals surface area contributed by atoms with Crippen molar-refractivity contribution in [3.05, 3.63) is 34.1 Å². The van der Waals surface area contributed by atoms with Crippen LogP contribution in [0, 0.1) is 5.82 Å². The van der Waals surface area contributed by atoms with Gasteiger partial charge in [0.05, 0.1) is 0 Å². The van der Waals surface area contributed by atoms with Crippen LogP contribution in [0.1, 0.15) is 11.6 Å². The molecule has 0 amide bonds. The fourth-order valence-electron chi connectivity index (χ4n) is 1.39. The summed E-state index contributed by atoms with van der Waals surface area (Å²) in [6.07, 6.45) is 0. The van der Waals surface area contributed by atoms with Gasteiger partial charge in [0.25, 0.3) is 0 Å². The normalized spacial score (nSPS) is 13.3. The molecule has 1 atom stereocenters. The van der Waals surface area contributed by atoms with Crippen LogP contribution < -0.4 is 5.73 Å². The number of halogens is 2. The standard InChI is InChI=1S/C10H14BrFN2/c1-14(2)10(6-13)8-5-7(12)3-4-9(8)11/h3-5,10H,6,13H2,1-2H3. The number of hydrogen-bond donors (Lipinski definition) is 1. The molecule has 0 aromatic heterocycles. The van der Waals surface area contributed by atoms with Crippen LogP contribution in [0.4, 0.5) is 4.39 Å². The van der Waals surface area contributed by atoms with E-state index >= 15 is 0 Å². The molecule has 0 aliphatic heterocycles. The number of hydrogen-bond acceptors (Lipinski definition) is 2. The first kappa shape index (κ1) is 11.6. The highest BCUT2D eigenvalue weighted by atomic mass is 79.9. The lowest BCUT2D eigenvalue weighted by Crippen LogP contribution is -2.27. The summed E-state index contributed by atoms with van der Waals surface area (Å²) in [4.78, 5) is 1.97. The van der Waals surface area contributed by atoms with Crippen LogP contribution in [0.25, 0.3) is 0 Å². The number of rotatable bonds is 3. The molecule has 1 unspecified atom stereocenters. The van der Waals surface area contributed by atoms with Gasteiger partial charge in [-0.1, -0.05) is 15.9 Å². The molecular weight excluding hydrogens is 247 g/mol. The van der Waals surface area contributed by atoms with Crippen molar-refractivity contribution in [2.45, 2.75) is 6.04 Å². The van der Waals surface area contributed by atoms with Gasteiger partial charge in [-0.05, 0) is 37.9 Å². The van der Waals surface area contributed by atoms with Crippen molar-refractivity contribution in [1.29, 1.82) is 0 Å². The van der Waals surface area contributed by atoms with Crippen LogP contribution >= 0.6 is 15.9 Å². The van der Waals surface area contributed by atoms with E-state index in [1.54, 1.807) is 6.07 Å². The third-order valence-electron chi connectivity index (χ3n) is 2.16. The molecule has 14 heavy (non-hydrogen) atoms. The Hall–Kier alpha value is -0.450. The van der Waals surface area contributed by atoms with Gasteiger partial charge in [0, 0.05) is 17.1 Å². The Morgan fingerprint density at radius 1 is 1.50 bits per heavy atom. The lowest BCUT2D eigenvalue weighted by atomic mass is 10.1. The number of nitrogens with zero attached hydrogens (tertiary/aromatic N) is 1. The molecule has 0 heterocycles. The quantitative estimate of drug-likeness (QED) is 0.903. The fraction of sp³-hybridized carbons (Fsp3) is 0.400. The molecule has 1 aromatic carbocycles. The van der Waals surface area contributed by atoms with E-state index in [2.05, 4.69) is 15.9 Å². The minimum absolute atomic E-state index is 0.0417. The second-order valence-corrected chi connectivity index (χ2v) is 4.24. The first-order valence-electron chi connectivity index (χ1n) is 4.37. The monoisotopic (exact) mass is 260 g/mol. The first-order chi connectivity index (χ1) is 6.56. The molecule has 2 N–H and O–H groups in total. The van der Waals surface area contributed by atoms with E-state index in [0.29, 0.717) is 6.54 Å². The fourth-order valence-corrected chi connectivity index (χ4v) is 1.90. The highest BCUT2D eigenvalue weighted by molar-refractivity contribution is 9.10. The summed E-state index contributed by atoms with van der Waals surface area (Å²) in [5.41, 5.74) is 6.53. The molecule has 1 aromatic rings. The highest BCUT2D eigenvalue weighted by Crippen LogP contribution is 2.26. The minimum atomic E-state index is -0.233. The molecule has 0 aliphatic rings. The summed E-state index contributed by atoms with van der Waals surface area (Å²) in [6.45, 7) is 0.467. The van der Waals surface area contributed by atoms with Gasteiger partial charge in [0.1, 0.15) is 5.82 Å². The second-order valence-electron chi connectivity index (χ2n) is 3.38. The molecule has 4 heteroatoms. The zero-order chi connectivity index (χ0) is 10.7. The van der Waals surface area contributed by atoms with Crippen molar-refractivity contribution in [3.63, 3.8) is 0 Å². The average molecular weight is 261 g/mol. The maximum Gasteiger partial charge on any atom is 0.123 e. The minimum Gasteiger partial charge on any atom is -0.329 e. The van der Waals surface area contributed by atoms with Crippen molar-refractivity contribution in [2.75, 3.05) is 20.6 Å². The Balaban J connectivity index is 3.08. The van der Waals surface area contributed by atoms with Gasteiger partial charge in [-0.15, -0.1) is 0 Å². The van der Waals surface area contributed by atoms with Gasteiger partial charge < -0.3 is 10.6 Å². The van der Waals surface area contributed by atoms with Crippen molar-refractivity contribution >= 4 is 15.9 Å². The predicted octanol–water partition coefficient (Wildman–Crippen LogP) is 2.15. The average Bonchev–Trinajstić information content (AvgIpc) is 2.11. The zero-order valence-corrected chi connectivity index (χ0v) is 9.88. The Morgan fingerprint density at radius 3 is 2.64 bits per heavy atom. The van der Waals surface area contributed by atoms with Crippen LogP contribution in [0.3, 0.4) is 0 Å². The maximum atomic E-state index is 13.0. The largest absolute Gasteiger partial charge is 0.329 e. The molecule has 0 saturated carbocycles. The molecule has 0 fully saturated rings. The smallest absolute Gasteiger partial charge is 0.123 e. The van der Waals surface area contributed by atoms with Crippen LogP contribution in [-0.4, -0.2) is 25.5 Å². The van der Waals surface area contributed by atoms with Crippen molar-refractivity contribution in [2.24, 2.45) is 5.73 Å². The van der Waals surface area contributed by atoms with E-state index in [-0.39, 0.29) is 11.9 Å². The van der Waals surface area contributed by atoms with E-state index in [9.17, 15) is 4.39 Å². The van der Waals surface area contributed by atoms with E-state index < -0.39 is 0 Å². The molecule has 0 saturated heterocycles. The van der Waals surface area contributed by atoms with Crippen LogP contribution in [0.15, 0.2) is 22.7 Å². The topological polar surface area (TPSA) is 29.3 Å². The third kappa shape index (κ3) is 2.53. The molecule has 0 aliphatic carbocycles. The predicted molar refractivity (Wildman–Crippen MR) is 59.6 cm³/mol. The summed E-state index contributed by atoms with van der Waals surface area (Å²) in [5.74, 6) is -0.233. The zero-order valence-electron chi connectivity index (χ0n) is 8.30. The van der Waals surface area contributed by atoms with Crippen molar-refractivity contribution in [3.8, 4) is 0 Å². The number of benzene rings is 1.